The molecule has 1 rings (SSSR count). The normalized spacial score (nSPS) is 9.76. The van der Waals surface area contributed by atoms with Crippen LogP contribution in [-0.2, 0) is 38.6 Å². The fraction of sp³-hybridized carbons (Fsp3) is 0. The number of aromatic carboxylic acids is 1. The summed E-state index contributed by atoms with van der Waals surface area (Å²) in [4.78, 5) is 19.5. The molecule has 1 aromatic carbocycles. The number of nitro benzene ring substituents is 1. The van der Waals surface area contributed by atoms with Crippen LogP contribution < -0.4 is 0 Å². The second-order valence-electron chi connectivity index (χ2n) is 2.60. The van der Waals surface area contributed by atoms with Gasteiger partial charge in [-0.3, -0.25) is 10.1 Å². The third kappa shape index (κ3) is 3.45. The van der Waals surface area contributed by atoms with E-state index in [2.05, 4.69) is 0 Å². The molecule has 0 unspecified atom stereocenters. The van der Waals surface area contributed by atoms with Gasteiger partial charge in [-0.1, -0.05) is 22.6 Å². The molecule has 0 amide bonds. The number of carboxylic acids is 1. The Morgan fingerprint density at radius 3 is 2.29 bits per heavy atom. The van der Waals surface area contributed by atoms with E-state index in [9.17, 15) is 23.3 Å². The van der Waals surface area contributed by atoms with Gasteiger partial charge >= 0.3 is 5.97 Å². The zero-order valence-electron chi connectivity index (χ0n) is 7.71. The first-order valence-corrected chi connectivity index (χ1v) is 5.10. The Morgan fingerprint density at radius 1 is 1.41 bits per heavy atom. The molecule has 0 aliphatic carbocycles. The standard InChI is InChI=1S/C7H3ClNO6S.Rh/c8-6-4(9(12)13)1-3(7(10)11)2-5(6)16(14)15;/h1-2H,(H,10,11);/q-1;. The molecule has 0 atom stereocenters. The molecule has 95 valence electrons. The summed E-state index contributed by atoms with van der Waals surface area (Å²) < 4.78 is 21.3. The fourth-order valence-corrected chi connectivity index (χ4v) is 1.80. The summed E-state index contributed by atoms with van der Waals surface area (Å²) in [5.74, 6) is -1.48. The quantitative estimate of drug-likeness (QED) is 0.376. The molecule has 1 aromatic rings. The zero-order valence-corrected chi connectivity index (χ0v) is 10.9. The number of benzene rings is 1. The maximum atomic E-state index is 10.7. The average Bonchev–Trinajstić information content (AvgIpc) is 2.16. The Labute approximate surface area is 114 Å². The van der Waals surface area contributed by atoms with E-state index in [1.54, 1.807) is 0 Å². The van der Waals surface area contributed by atoms with E-state index in [1.165, 1.54) is 0 Å². The molecule has 0 saturated heterocycles. The zero-order chi connectivity index (χ0) is 12.5. The van der Waals surface area contributed by atoms with Gasteiger partial charge in [-0.25, -0.2) is 4.79 Å². The van der Waals surface area contributed by atoms with Crippen molar-refractivity contribution in [3.05, 3.63) is 32.8 Å². The van der Waals surface area contributed by atoms with Crippen molar-refractivity contribution in [1.82, 2.24) is 0 Å². The van der Waals surface area contributed by atoms with E-state index < -0.39 is 42.8 Å². The smallest absolute Gasteiger partial charge is 0.335 e. The van der Waals surface area contributed by atoms with Crippen molar-refractivity contribution in [1.29, 1.82) is 0 Å². The first-order valence-electron chi connectivity index (χ1n) is 3.65. The van der Waals surface area contributed by atoms with Gasteiger partial charge in [-0.15, -0.1) is 0 Å². The minimum absolute atomic E-state index is 0. The van der Waals surface area contributed by atoms with Gasteiger partial charge in [0.1, 0.15) is 5.02 Å². The van der Waals surface area contributed by atoms with Gasteiger partial charge in [0.2, 0.25) is 0 Å². The summed E-state index contributed by atoms with van der Waals surface area (Å²) in [6, 6.07) is 1.45. The molecule has 1 radical (unpaired) electrons. The van der Waals surface area contributed by atoms with Crippen LogP contribution in [0.3, 0.4) is 0 Å². The summed E-state index contributed by atoms with van der Waals surface area (Å²) >= 11 is 5.45. The number of carboxylic acid groups (broad SMARTS) is 1. The van der Waals surface area contributed by atoms with Crippen molar-refractivity contribution in [2.75, 3.05) is 0 Å². The molecule has 17 heavy (non-hydrogen) atoms. The molecule has 0 spiro atoms. The maximum absolute atomic E-state index is 10.7. The van der Waals surface area contributed by atoms with Crippen molar-refractivity contribution in [3.8, 4) is 0 Å². The van der Waals surface area contributed by atoms with E-state index in [0.717, 1.165) is 6.07 Å². The van der Waals surface area contributed by atoms with E-state index in [-0.39, 0.29) is 19.5 Å². The van der Waals surface area contributed by atoms with Crippen LogP contribution in [0.25, 0.3) is 0 Å². The van der Waals surface area contributed by atoms with E-state index in [1.807, 2.05) is 0 Å². The van der Waals surface area contributed by atoms with Crippen molar-refractivity contribution in [2.24, 2.45) is 0 Å². The Kier molecular flexibility index (Phi) is 5.67. The first-order chi connectivity index (χ1) is 7.34. The molecule has 0 heterocycles. The van der Waals surface area contributed by atoms with Crippen LogP contribution in [0.1, 0.15) is 10.4 Å². The molecule has 7 nitrogen and oxygen atoms in total. The van der Waals surface area contributed by atoms with Crippen molar-refractivity contribution >= 4 is 34.0 Å². The first kappa shape index (κ1) is 16.0. The van der Waals surface area contributed by atoms with Crippen LogP contribution in [0.15, 0.2) is 17.0 Å². The molecular formula is C7H3ClNO6RhS-. The predicted molar refractivity (Wildman–Crippen MR) is 52.1 cm³/mol. The summed E-state index contributed by atoms with van der Waals surface area (Å²) in [5.41, 5.74) is -1.28. The number of halogens is 1. The van der Waals surface area contributed by atoms with Crippen LogP contribution in [0.4, 0.5) is 5.69 Å². The number of nitrogens with zero attached hydrogens (tertiary/aromatic N) is 1. The molecular weight excluding hydrogens is 365 g/mol. The largest absolute Gasteiger partial charge is 0.478 e. The molecule has 10 heteroatoms. The van der Waals surface area contributed by atoms with E-state index in [4.69, 9.17) is 16.7 Å². The van der Waals surface area contributed by atoms with Crippen LogP contribution in [0.5, 0.6) is 0 Å². The van der Waals surface area contributed by atoms with E-state index in [0.29, 0.717) is 6.07 Å². The average molecular weight is 368 g/mol. The fourth-order valence-electron chi connectivity index (χ4n) is 0.961. The molecule has 0 aliphatic heterocycles. The minimum atomic E-state index is -2.84. The summed E-state index contributed by atoms with van der Waals surface area (Å²) in [5, 5.41) is 18.5. The molecule has 0 bridgehead atoms. The van der Waals surface area contributed by atoms with Crippen LogP contribution in [-0.4, -0.2) is 16.0 Å². The van der Waals surface area contributed by atoms with Gasteiger partial charge in [0.05, 0.1) is 10.5 Å². The van der Waals surface area contributed by atoms with Crippen molar-refractivity contribution in [3.63, 3.8) is 0 Å². The second-order valence-corrected chi connectivity index (χ2v) is 3.89. The van der Waals surface area contributed by atoms with Crippen molar-refractivity contribution in [2.45, 2.75) is 4.90 Å². The third-order valence-electron chi connectivity index (χ3n) is 1.64. The Hall–Kier alpha value is -1.05. The van der Waals surface area contributed by atoms with Gasteiger partial charge in [0, 0.05) is 25.5 Å². The minimum Gasteiger partial charge on any atom is -0.478 e. The van der Waals surface area contributed by atoms with Gasteiger partial charge in [0.15, 0.2) is 0 Å². The number of carbonyl (C=O) groups is 1. The van der Waals surface area contributed by atoms with Gasteiger partial charge in [0.25, 0.3) is 5.69 Å². The summed E-state index contributed by atoms with van der Waals surface area (Å²) in [6.45, 7) is 0. The molecule has 1 N–H and O–H groups in total. The predicted octanol–water partition coefficient (Wildman–Crippen LogP) is 1.61. The molecule has 0 aliphatic rings. The molecule has 0 saturated carbocycles. The Balaban J connectivity index is 0.00000256. The summed E-state index contributed by atoms with van der Waals surface area (Å²) in [6.07, 6.45) is 0. The number of nitro groups is 1. The molecule has 0 aromatic heterocycles. The van der Waals surface area contributed by atoms with Gasteiger partial charge in [-0.2, -0.15) is 0 Å². The SMILES string of the molecule is O=C(O)c1cc([N+](=O)[O-])c(Cl)c([S-](=O)=O)c1.[Rh]. The van der Waals surface area contributed by atoms with Crippen LogP contribution in [0.2, 0.25) is 5.02 Å². The van der Waals surface area contributed by atoms with Gasteiger partial charge < -0.3 is 13.5 Å². The number of rotatable bonds is 3. The number of hydrogen-bond acceptors (Lipinski definition) is 6. The Bertz CT molecular complexity index is 550. The van der Waals surface area contributed by atoms with Crippen molar-refractivity contribution < 1.29 is 42.7 Å². The summed E-state index contributed by atoms with van der Waals surface area (Å²) in [7, 11) is -2.84. The third-order valence-corrected chi connectivity index (χ3v) is 2.83. The monoisotopic (exact) mass is 367 g/mol. The maximum Gasteiger partial charge on any atom is 0.335 e. The van der Waals surface area contributed by atoms with Gasteiger partial charge in [-0.05, 0) is 10.7 Å². The number of hydrogen-bond donors (Lipinski definition) is 1. The van der Waals surface area contributed by atoms with E-state index >= 15 is 0 Å². The Morgan fingerprint density at radius 2 is 1.94 bits per heavy atom. The van der Waals surface area contributed by atoms with Crippen LogP contribution >= 0.6 is 11.6 Å². The second kappa shape index (κ2) is 6.04. The molecule has 0 fully saturated rings. The topological polar surface area (TPSA) is 115 Å². The van der Waals surface area contributed by atoms with Crippen LogP contribution in [0, 0.1) is 10.1 Å².